The highest BCUT2D eigenvalue weighted by Gasteiger charge is 2.19. The van der Waals surface area contributed by atoms with E-state index in [4.69, 9.17) is 11.5 Å². The van der Waals surface area contributed by atoms with E-state index in [0.29, 0.717) is 0 Å². The minimum absolute atomic E-state index is 0.924. The lowest BCUT2D eigenvalue weighted by molar-refractivity contribution is 0.831. The van der Waals surface area contributed by atoms with Crippen LogP contribution in [0.2, 0.25) is 0 Å². The number of nitrogens with two attached hydrogens (primary N) is 2. The van der Waals surface area contributed by atoms with Gasteiger partial charge in [0, 0.05) is 18.5 Å². The monoisotopic (exact) mass is 618 g/mol. The fraction of sp³-hybridized carbons (Fsp3) is 0.520. The Hall–Kier alpha value is -0.500. The summed E-state index contributed by atoms with van der Waals surface area (Å²) in [6, 6.07) is 4.46. The van der Waals surface area contributed by atoms with Crippen molar-refractivity contribution < 1.29 is 0 Å². The largest absolute Gasteiger partial charge is 0.398 e. The molecule has 0 unspecified atom stereocenters. The predicted octanol–water partition coefficient (Wildman–Crippen LogP) is 7.46. The van der Waals surface area contributed by atoms with Gasteiger partial charge >= 0.3 is 0 Å². The third-order valence-corrected chi connectivity index (χ3v) is 8.13. The van der Waals surface area contributed by atoms with Crippen molar-refractivity contribution in [1.29, 1.82) is 0 Å². The summed E-state index contributed by atoms with van der Waals surface area (Å²) in [5.74, 6) is 0. The summed E-state index contributed by atoms with van der Waals surface area (Å²) in [6.45, 7) is 9.05. The van der Waals surface area contributed by atoms with E-state index in [2.05, 4.69) is 85.0 Å². The van der Waals surface area contributed by atoms with E-state index in [1.54, 1.807) is 0 Å². The molecular formula is C25H36I2N2. The zero-order valence-electron chi connectivity index (χ0n) is 18.4. The molecule has 0 fully saturated rings. The molecule has 160 valence electrons. The van der Waals surface area contributed by atoms with Gasteiger partial charge < -0.3 is 11.5 Å². The fourth-order valence-corrected chi connectivity index (χ4v) is 5.84. The second kappa shape index (κ2) is 11.8. The number of hydrogen-bond donors (Lipinski definition) is 2. The Balaban J connectivity index is 2.66. The summed E-state index contributed by atoms with van der Waals surface area (Å²) in [7, 11) is 0. The molecule has 0 saturated carbocycles. The number of halogens is 2. The van der Waals surface area contributed by atoms with E-state index in [9.17, 15) is 0 Å². The molecule has 0 bridgehead atoms. The van der Waals surface area contributed by atoms with E-state index >= 15 is 0 Å². The van der Waals surface area contributed by atoms with Crippen LogP contribution in [0.15, 0.2) is 12.1 Å². The van der Waals surface area contributed by atoms with Gasteiger partial charge in [-0.2, -0.15) is 0 Å². The van der Waals surface area contributed by atoms with Crippen LogP contribution in [0, 0.1) is 7.14 Å². The molecule has 0 amide bonds. The van der Waals surface area contributed by atoms with Gasteiger partial charge in [-0.3, -0.25) is 0 Å². The Morgan fingerprint density at radius 1 is 0.586 bits per heavy atom. The molecule has 0 atom stereocenters. The molecule has 29 heavy (non-hydrogen) atoms. The van der Waals surface area contributed by atoms with Crippen molar-refractivity contribution >= 4 is 56.6 Å². The van der Waals surface area contributed by atoms with Gasteiger partial charge in [-0.1, -0.05) is 53.4 Å². The number of nitrogen functional groups attached to an aromatic ring is 2. The standard InChI is InChI=1S/C25H36I2N2/c1-5-9-18-16(14-22(28)24(26)20(18)11-7-3)13-17-15-23(29)25(27)21(12-8-4)19(17)10-6-2/h14-15H,5-13,28-29H2,1-4H3. The van der Waals surface area contributed by atoms with E-state index in [1.165, 1.54) is 40.5 Å². The van der Waals surface area contributed by atoms with Crippen LogP contribution < -0.4 is 11.5 Å². The Kier molecular flexibility index (Phi) is 10.1. The molecule has 0 aliphatic carbocycles. The normalized spacial score (nSPS) is 11.2. The average molecular weight is 618 g/mol. The van der Waals surface area contributed by atoms with E-state index < -0.39 is 0 Å². The SMILES string of the molecule is CCCc1c(Cc2cc(N)c(I)c(CCC)c2CCC)cc(N)c(I)c1CCC. The van der Waals surface area contributed by atoms with Crippen LogP contribution in [0.1, 0.15) is 86.8 Å². The fourth-order valence-electron chi connectivity index (χ4n) is 4.34. The van der Waals surface area contributed by atoms with Crippen LogP contribution in [0.25, 0.3) is 0 Å². The van der Waals surface area contributed by atoms with Gasteiger partial charge in [-0.25, -0.2) is 0 Å². The van der Waals surface area contributed by atoms with E-state index in [0.717, 1.165) is 69.2 Å². The topological polar surface area (TPSA) is 52.0 Å². The van der Waals surface area contributed by atoms with Gasteiger partial charge in [-0.15, -0.1) is 0 Å². The zero-order chi connectivity index (χ0) is 21.6. The Morgan fingerprint density at radius 3 is 1.21 bits per heavy atom. The molecule has 0 heterocycles. The molecule has 0 aromatic heterocycles. The predicted molar refractivity (Wildman–Crippen MR) is 146 cm³/mol. The third-order valence-electron chi connectivity index (χ3n) is 5.58. The van der Waals surface area contributed by atoms with Crippen LogP contribution in [0.3, 0.4) is 0 Å². The molecule has 2 rings (SSSR count). The van der Waals surface area contributed by atoms with Crippen molar-refractivity contribution in [3.8, 4) is 0 Å². The highest BCUT2D eigenvalue weighted by molar-refractivity contribution is 14.1. The Labute approximate surface area is 204 Å². The molecule has 2 aromatic rings. The summed E-state index contributed by atoms with van der Waals surface area (Å²) in [5, 5.41) is 0. The quantitative estimate of drug-likeness (QED) is 0.215. The molecule has 0 aliphatic heterocycles. The first-order chi connectivity index (χ1) is 13.9. The lowest BCUT2D eigenvalue weighted by atomic mass is 9.86. The maximum Gasteiger partial charge on any atom is 0.0455 e. The number of benzene rings is 2. The summed E-state index contributed by atoms with van der Waals surface area (Å²) >= 11 is 4.88. The van der Waals surface area contributed by atoms with Crippen molar-refractivity contribution in [2.75, 3.05) is 11.5 Å². The molecule has 0 aliphatic rings. The van der Waals surface area contributed by atoms with Gasteiger partial charge in [0.15, 0.2) is 0 Å². The lowest BCUT2D eigenvalue weighted by Crippen LogP contribution is -2.10. The summed E-state index contributed by atoms with van der Waals surface area (Å²) in [4.78, 5) is 0. The van der Waals surface area contributed by atoms with Gasteiger partial charge in [0.1, 0.15) is 0 Å². The molecule has 4 N–H and O–H groups in total. The zero-order valence-corrected chi connectivity index (χ0v) is 22.7. The van der Waals surface area contributed by atoms with Crippen molar-refractivity contribution in [2.24, 2.45) is 0 Å². The van der Waals surface area contributed by atoms with Crippen molar-refractivity contribution in [1.82, 2.24) is 0 Å². The highest BCUT2D eigenvalue weighted by Crippen LogP contribution is 2.34. The maximum atomic E-state index is 6.47. The first-order valence-corrected chi connectivity index (χ1v) is 13.2. The molecule has 2 aromatic carbocycles. The maximum absolute atomic E-state index is 6.47. The first kappa shape index (κ1) is 24.8. The molecule has 0 saturated heterocycles. The third kappa shape index (κ3) is 5.81. The van der Waals surface area contributed by atoms with Crippen LogP contribution in [-0.4, -0.2) is 0 Å². The van der Waals surface area contributed by atoms with Crippen LogP contribution >= 0.6 is 45.2 Å². The second-order valence-corrected chi connectivity index (χ2v) is 10.1. The number of anilines is 2. The van der Waals surface area contributed by atoms with Crippen LogP contribution in [0.5, 0.6) is 0 Å². The molecule has 4 heteroatoms. The lowest BCUT2D eigenvalue weighted by Gasteiger charge is -2.22. The minimum atomic E-state index is 0.924. The summed E-state index contributed by atoms with van der Waals surface area (Å²) in [5.41, 5.74) is 23.5. The van der Waals surface area contributed by atoms with Crippen LogP contribution in [-0.2, 0) is 32.1 Å². The second-order valence-electron chi connectivity index (χ2n) is 7.97. The molecule has 0 radical (unpaired) electrons. The summed E-state index contributed by atoms with van der Waals surface area (Å²) < 4.78 is 2.50. The molecular weight excluding hydrogens is 582 g/mol. The van der Waals surface area contributed by atoms with E-state index in [-0.39, 0.29) is 0 Å². The van der Waals surface area contributed by atoms with Gasteiger partial charge in [-0.05, 0) is 123 Å². The van der Waals surface area contributed by atoms with E-state index in [1.807, 2.05) is 0 Å². The molecule has 2 nitrogen and oxygen atoms in total. The molecule has 0 spiro atoms. The first-order valence-electron chi connectivity index (χ1n) is 11.1. The Morgan fingerprint density at radius 2 is 0.897 bits per heavy atom. The van der Waals surface area contributed by atoms with Gasteiger partial charge in [0.05, 0.1) is 0 Å². The number of rotatable bonds is 10. The minimum Gasteiger partial charge on any atom is -0.398 e. The summed E-state index contributed by atoms with van der Waals surface area (Å²) in [6.07, 6.45) is 9.97. The van der Waals surface area contributed by atoms with Crippen LogP contribution in [0.4, 0.5) is 11.4 Å². The van der Waals surface area contributed by atoms with Crippen molar-refractivity contribution in [2.45, 2.75) is 85.5 Å². The van der Waals surface area contributed by atoms with Gasteiger partial charge in [0.25, 0.3) is 0 Å². The van der Waals surface area contributed by atoms with Crippen molar-refractivity contribution in [3.05, 3.63) is 52.7 Å². The Bertz CT molecular complexity index is 774. The average Bonchev–Trinajstić information content (AvgIpc) is 2.69. The highest BCUT2D eigenvalue weighted by atomic mass is 127. The smallest absolute Gasteiger partial charge is 0.0455 e. The van der Waals surface area contributed by atoms with Gasteiger partial charge in [0.2, 0.25) is 0 Å². The van der Waals surface area contributed by atoms with Crippen molar-refractivity contribution in [3.63, 3.8) is 0 Å². The number of hydrogen-bond acceptors (Lipinski definition) is 2.